The summed E-state index contributed by atoms with van der Waals surface area (Å²) in [4.78, 5) is 43.8. The summed E-state index contributed by atoms with van der Waals surface area (Å²) in [7, 11) is -6.33. The molecule has 0 aromatic heterocycles. The van der Waals surface area contributed by atoms with Crippen LogP contribution >= 0.6 is 23.2 Å². The van der Waals surface area contributed by atoms with Crippen molar-refractivity contribution in [2.45, 2.75) is 18.5 Å². The first-order valence-corrected chi connectivity index (χ1v) is 12.7. The number of nitro groups is 2. The summed E-state index contributed by atoms with van der Waals surface area (Å²) in [5.41, 5.74) is -8.96. The zero-order chi connectivity index (χ0) is 31.3. The molecular formula is C20H15Cl2F3N2O13S. The van der Waals surface area contributed by atoms with Crippen LogP contribution in [0.3, 0.4) is 0 Å². The topological polar surface area (TPSA) is 212 Å². The van der Waals surface area contributed by atoms with Gasteiger partial charge < -0.3 is 19.3 Å². The van der Waals surface area contributed by atoms with Gasteiger partial charge in [0.2, 0.25) is 0 Å². The summed E-state index contributed by atoms with van der Waals surface area (Å²) in [6, 6.07) is 2.77. The first-order valence-electron chi connectivity index (χ1n) is 10.5. The van der Waals surface area contributed by atoms with Gasteiger partial charge in [-0.2, -0.15) is 21.6 Å². The van der Waals surface area contributed by atoms with Crippen LogP contribution in [0.1, 0.15) is 27.6 Å². The number of aromatic carboxylic acids is 1. The number of halogens is 5. The number of nitro benzene ring substituents is 2. The van der Waals surface area contributed by atoms with Gasteiger partial charge in [0, 0.05) is 12.1 Å². The predicted molar refractivity (Wildman–Crippen MR) is 130 cm³/mol. The molecule has 0 aliphatic carbocycles. The fraction of sp³-hybridized carbons (Fsp3) is 0.300. The van der Waals surface area contributed by atoms with Crippen LogP contribution in [-0.4, -0.2) is 66.7 Å². The summed E-state index contributed by atoms with van der Waals surface area (Å²) in [5, 5.41) is 30.2. The zero-order valence-electron chi connectivity index (χ0n) is 20.0. The molecule has 0 saturated heterocycles. The van der Waals surface area contributed by atoms with Crippen molar-refractivity contribution in [2.24, 2.45) is 0 Å². The summed E-state index contributed by atoms with van der Waals surface area (Å²) in [6.45, 7) is -1.13. The van der Waals surface area contributed by atoms with Gasteiger partial charge in [0.25, 0.3) is 11.4 Å². The molecule has 0 unspecified atom stereocenters. The number of alkyl halides is 3. The van der Waals surface area contributed by atoms with E-state index >= 15 is 0 Å². The molecule has 0 fully saturated rings. The molecule has 2 rings (SSSR count). The molecule has 1 atom stereocenters. The second kappa shape index (κ2) is 13.1. The Balaban J connectivity index is 2.47. The fourth-order valence-electron chi connectivity index (χ4n) is 2.80. The van der Waals surface area contributed by atoms with Crippen LogP contribution in [0.2, 0.25) is 10.0 Å². The van der Waals surface area contributed by atoms with E-state index in [-0.39, 0.29) is 6.61 Å². The second-order valence-electron chi connectivity index (χ2n) is 7.39. The predicted octanol–water partition coefficient (Wildman–Crippen LogP) is 4.38. The van der Waals surface area contributed by atoms with Crippen LogP contribution in [-0.2, 0) is 19.0 Å². The summed E-state index contributed by atoms with van der Waals surface area (Å²) < 4.78 is 81.3. The van der Waals surface area contributed by atoms with E-state index in [0.717, 1.165) is 12.1 Å². The van der Waals surface area contributed by atoms with Crippen molar-refractivity contribution in [1.82, 2.24) is 0 Å². The van der Waals surface area contributed by atoms with E-state index in [1.807, 2.05) is 0 Å². The molecule has 0 saturated carbocycles. The highest BCUT2D eigenvalue weighted by Gasteiger charge is 2.49. The standard InChI is InChI=1S/C20H15Cl2F3N2O13S/c1-2-37-19(30)10-4-13(27(33)34)17(22)15(6-10)39-8-11(40-41(35,36)20(23,24)25)7-38-14-5-9(18(28)29)3-12(16(14)21)26(31)32/h3-6,11H,2,7-8H2,1H3,(H,28,29)/t11-/m0/s1. The summed E-state index contributed by atoms with van der Waals surface area (Å²) in [6.07, 6.45) is -2.26. The SMILES string of the molecule is CCOC(=O)c1cc(OC[C@H](COc2cc(C(=O)O)cc([N+](=O)[O-])c2Cl)OS(=O)(=O)C(F)(F)F)c(Cl)c([N+](=O)[O-])c1. The van der Waals surface area contributed by atoms with Gasteiger partial charge in [0.1, 0.15) is 30.8 Å². The Morgan fingerprint density at radius 3 is 1.78 bits per heavy atom. The first-order chi connectivity index (χ1) is 18.9. The second-order valence-corrected chi connectivity index (χ2v) is 9.71. The Hall–Kier alpha value is -3.94. The Morgan fingerprint density at radius 1 is 0.951 bits per heavy atom. The molecule has 224 valence electrons. The minimum Gasteiger partial charge on any atom is -0.489 e. The lowest BCUT2D eigenvalue weighted by Gasteiger charge is -2.20. The van der Waals surface area contributed by atoms with Crippen LogP contribution in [0.25, 0.3) is 0 Å². The Kier molecular flexibility index (Phi) is 10.7. The minimum atomic E-state index is -6.33. The molecular weight excluding hydrogens is 636 g/mol. The fourth-order valence-corrected chi connectivity index (χ4v) is 3.84. The van der Waals surface area contributed by atoms with Crippen molar-refractivity contribution in [1.29, 1.82) is 0 Å². The third-order valence-electron chi connectivity index (χ3n) is 4.59. The van der Waals surface area contributed by atoms with Gasteiger partial charge in [-0.3, -0.25) is 24.4 Å². The van der Waals surface area contributed by atoms with Crippen LogP contribution in [0.4, 0.5) is 24.5 Å². The van der Waals surface area contributed by atoms with Gasteiger partial charge in [0.05, 0.1) is 27.6 Å². The number of rotatable bonds is 13. The highest BCUT2D eigenvalue weighted by molar-refractivity contribution is 7.87. The number of carboxylic acid groups (broad SMARTS) is 1. The van der Waals surface area contributed by atoms with E-state index in [9.17, 15) is 51.4 Å². The molecule has 15 nitrogen and oxygen atoms in total. The maximum Gasteiger partial charge on any atom is 0.523 e. The van der Waals surface area contributed by atoms with Crippen molar-refractivity contribution in [3.63, 3.8) is 0 Å². The molecule has 2 aromatic carbocycles. The third-order valence-corrected chi connectivity index (χ3v) is 6.44. The molecule has 1 N–H and O–H groups in total. The molecule has 21 heteroatoms. The van der Waals surface area contributed by atoms with E-state index in [4.69, 9.17) is 42.5 Å². The van der Waals surface area contributed by atoms with Gasteiger partial charge in [-0.05, 0) is 19.1 Å². The van der Waals surface area contributed by atoms with Crippen molar-refractivity contribution in [2.75, 3.05) is 19.8 Å². The number of benzene rings is 2. The zero-order valence-corrected chi connectivity index (χ0v) is 22.4. The smallest absolute Gasteiger partial charge is 0.489 e. The molecule has 0 bridgehead atoms. The minimum absolute atomic E-state index is 0.141. The first kappa shape index (κ1) is 33.3. The number of esters is 1. The maximum atomic E-state index is 13.0. The van der Waals surface area contributed by atoms with Crippen LogP contribution in [0.5, 0.6) is 11.5 Å². The summed E-state index contributed by atoms with van der Waals surface area (Å²) in [5.74, 6) is -4.18. The molecule has 0 amide bonds. The number of hydrogen-bond donors (Lipinski definition) is 1. The largest absolute Gasteiger partial charge is 0.523 e. The summed E-state index contributed by atoms with van der Waals surface area (Å²) >= 11 is 11.7. The van der Waals surface area contributed by atoms with E-state index in [1.165, 1.54) is 6.92 Å². The molecule has 0 aliphatic rings. The van der Waals surface area contributed by atoms with Crippen LogP contribution in [0, 0.1) is 20.2 Å². The van der Waals surface area contributed by atoms with Crippen molar-refractivity contribution >= 4 is 56.6 Å². The highest BCUT2D eigenvalue weighted by Crippen LogP contribution is 2.37. The molecule has 0 spiro atoms. The number of carbonyl (C=O) groups is 2. The number of hydrogen-bond acceptors (Lipinski definition) is 12. The van der Waals surface area contributed by atoms with Gasteiger partial charge in [-0.15, -0.1) is 0 Å². The molecule has 2 aromatic rings. The Bertz CT molecular complexity index is 1490. The average Bonchev–Trinajstić information content (AvgIpc) is 2.85. The van der Waals surface area contributed by atoms with Crippen molar-refractivity contribution in [3.8, 4) is 11.5 Å². The van der Waals surface area contributed by atoms with E-state index in [1.54, 1.807) is 0 Å². The number of carboxylic acids is 1. The molecule has 0 aliphatic heterocycles. The van der Waals surface area contributed by atoms with E-state index in [2.05, 4.69) is 4.18 Å². The van der Waals surface area contributed by atoms with Gasteiger partial charge in [-0.1, -0.05) is 23.2 Å². The molecule has 0 heterocycles. The lowest BCUT2D eigenvalue weighted by molar-refractivity contribution is -0.384. The number of ether oxygens (including phenoxy) is 3. The highest BCUT2D eigenvalue weighted by atomic mass is 35.5. The normalized spacial score (nSPS) is 12.3. The van der Waals surface area contributed by atoms with E-state index < -0.39 is 101 Å². The van der Waals surface area contributed by atoms with Crippen LogP contribution in [0.15, 0.2) is 24.3 Å². The third kappa shape index (κ3) is 8.28. The van der Waals surface area contributed by atoms with Crippen LogP contribution < -0.4 is 9.47 Å². The number of carbonyl (C=O) groups excluding carboxylic acids is 1. The average molecular weight is 651 g/mol. The molecule has 41 heavy (non-hydrogen) atoms. The quantitative estimate of drug-likeness (QED) is 0.105. The monoisotopic (exact) mass is 650 g/mol. The van der Waals surface area contributed by atoms with Crippen molar-refractivity contribution < 1.29 is 64.5 Å². The Morgan fingerprint density at radius 2 is 1.39 bits per heavy atom. The number of nitrogens with zero attached hydrogens (tertiary/aromatic N) is 2. The molecule has 0 radical (unpaired) electrons. The van der Waals surface area contributed by atoms with E-state index in [0.29, 0.717) is 12.1 Å². The lowest BCUT2D eigenvalue weighted by Crippen LogP contribution is -2.36. The van der Waals surface area contributed by atoms with Gasteiger partial charge in [0.15, 0.2) is 10.0 Å². The lowest BCUT2D eigenvalue weighted by atomic mass is 10.2. The van der Waals surface area contributed by atoms with Crippen molar-refractivity contribution in [3.05, 3.63) is 65.7 Å². The van der Waals surface area contributed by atoms with Gasteiger partial charge in [-0.25, -0.2) is 9.59 Å². The Labute approximate surface area is 236 Å². The van der Waals surface area contributed by atoms with Gasteiger partial charge >= 0.3 is 27.6 Å². The maximum absolute atomic E-state index is 13.0.